The molecule has 1 aromatic carbocycles. The van der Waals surface area contributed by atoms with Gasteiger partial charge in [0.05, 0.1) is 5.69 Å². The van der Waals surface area contributed by atoms with E-state index in [0.29, 0.717) is 0 Å². The molecule has 0 heterocycles. The molecule has 0 aliphatic carbocycles. The molecule has 0 radical (unpaired) electrons. The molecule has 0 aliphatic heterocycles. The number of amides is 1. The maximum Gasteiger partial charge on any atom is 0.409 e. The van der Waals surface area contributed by atoms with Crippen molar-refractivity contribution in [1.29, 1.82) is 0 Å². The molecule has 0 unspecified atom stereocenters. The summed E-state index contributed by atoms with van der Waals surface area (Å²) in [4.78, 5) is 10.1. The molecule has 1 rings (SSSR count). The molecule has 0 aromatic heterocycles. The van der Waals surface area contributed by atoms with Gasteiger partial charge in [-0.1, -0.05) is 0 Å². The van der Waals surface area contributed by atoms with Gasteiger partial charge in [-0.15, -0.1) is 0 Å². The molecule has 2 N–H and O–H groups in total. The first-order valence-corrected chi connectivity index (χ1v) is 4.12. The van der Waals surface area contributed by atoms with E-state index in [-0.39, 0.29) is 5.69 Å². The summed E-state index contributed by atoms with van der Waals surface area (Å²) in [7, 11) is 0. The maximum absolute atomic E-state index is 12.9. The zero-order valence-electron chi connectivity index (χ0n) is 5.84. The van der Waals surface area contributed by atoms with E-state index in [9.17, 15) is 9.18 Å². The number of anilines is 1. The van der Waals surface area contributed by atoms with Crippen LogP contribution in [-0.4, -0.2) is 11.2 Å². The van der Waals surface area contributed by atoms with E-state index in [1.165, 1.54) is 12.1 Å². The van der Waals surface area contributed by atoms with E-state index < -0.39 is 11.9 Å². The number of carboxylic acid groups (broad SMARTS) is 1. The minimum atomic E-state index is -1.27. The van der Waals surface area contributed by atoms with Gasteiger partial charge < -0.3 is 5.11 Å². The van der Waals surface area contributed by atoms with Crippen LogP contribution in [0.15, 0.2) is 18.2 Å². The van der Waals surface area contributed by atoms with Crippen molar-refractivity contribution in [2.24, 2.45) is 0 Å². The van der Waals surface area contributed by atoms with Gasteiger partial charge in [0, 0.05) is 3.57 Å². The lowest BCUT2D eigenvalue weighted by Crippen LogP contribution is -2.08. The largest absolute Gasteiger partial charge is 0.465 e. The Morgan fingerprint density at radius 1 is 1.58 bits per heavy atom. The third-order valence-electron chi connectivity index (χ3n) is 1.17. The smallest absolute Gasteiger partial charge is 0.409 e. The third-order valence-corrected chi connectivity index (χ3v) is 1.84. The molecule has 3 nitrogen and oxygen atoms in total. The number of nitrogens with one attached hydrogen (secondary N) is 1. The van der Waals surface area contributed by atoms with Crippen LogP contribution in [-0.2, 0) is 0 Å². The molecule has 0 bridgehead atoms. The van der Waals surface area contributed by atoms with E-state index in [2.05, 4.69) is 0 Å². The van der Waals surface area contributed by atoms with Crippen molar-refractivity contribution in [2.45, 2.75) is 0 Å². The minimum absolute atomic E-state index is 0.0251. The SMILES string of the molecule is O=C(O)Nc1ccc(I)cc1F. The summed E-state index contributed by atoms with van der Waals surface area (Å²) in [6.07, 6.45) is -1.27. The normalized spacial score (nSPS) is 9.50. The molecule has 1 amide bonds. The second-order valence-electron chi connectivity index (χ2n) is 2.05. The quantitative estimate of drug-likeness (QED) is 0.777. The molecule has 0 saturated heterocycles. The van der Waals surface area contributed by atoms with Crippen molar-refractivity contribution in [3.05, 3.63) is 27.6 Å². The second kappa shape index (κ2) is 3.70. The Morgan fingerprint density at radius 2 is 2.25 bits per heavy atom. The van der Waals surface area contributed by atoms with Gasteiger partial charge in [0.1, 0.15) is 5.82 Å². The summed E-state index contributed by atoms with van der Waals surface area (Å²) in [5.41, 5.74) is -0.0251. The Morgan fingerprint density at radius 3 is 2.75 bits per heavy atom. The van der Waals surface area contributed by atoms with Gasteiger partial charge >= 0.3 is 6.09 Å². The lowest BCUT2D eigenvalue weighted by Gasteiger charge is -2.01. The van der Waals surface area contributed by atoms with Crippen LogP contribution in [0.2, 0.25) is 0 Å². The van der Waals surface area contributed by atoms with E-state index in [1.54, 1.807) is 6.07 Å². The average Bonchev–Trinajstić information content (AvgIpc) is 1.94. The van der Waals surface area contributed by atoms with Crippen molar-refractivity contribution in [3.8, 4) is 0 Å². The van der Waals surface area contributed by atoms with Crippen LogP contribution >= 0.6 is 22.6 Å². The highest BCUT2D eigenvalue weighted by molar-refractivity contribution is 14.1. The molecule has 0 atom stereocenters. The Labute approximate surface area is 81.7 Å². The van der Waals surface area contributed by atoms with Gasteiger partial charge in [-0.2, -0.15) is 0 Å². The fourth-order valence-electron chi connectivity index (χ4n) is 0.706. The van der Waals surface area contributed by atoms with Gasteiger partial charge in [0.2, 0.25) is 0 Å². The number of hydrogen-bond donors (Lipinski definition) is 2. The zero-order chi connectivity index (χ0) is 9.14. The van der Waals surface area contributed by atoms with E-state index in [4.69, 9.17) is 5.11 Å². The highest BCUT2D eigenvalue weighted by Crippen LogP contribution is 2.16. The van der Waals surface area contributed by atoms with Gasteiger partial charge in [-0.3, -0.25) is 5.32 Å². The number of carbonyl (C=O) groups is 1. The van der Waals surface area contributed by atoms with E-state index in [1.807, 2.05) is 27.9 Å². The van der Waals surface area contributed by atoms with Crippen molar-refractivity contribution in [2.75, 3.05) is 5.32 Å². The number of hydrogen-bond acceptors (Lipinski definition) is 1. The summed E-state index contributed by atoms with van der Waals surface area (Å²) in [6.45, 7) is 0. The predicted octanol–water partition coefficient (Wildman–Crippen LogP) is 2.52. The number of rotatable bonds is 1. The molecule has 5 heteroatoms. The fraction of sp³-hybridized carbons (Fsp3) is 0. The monoisotopic (exact) mass is 281 g/mol. The van der Waals surface area contributed by atoms with Crippen LogP contribution in [0.5, 0.6) is 0 Å². The van der Waals surface area contributed by atoms with Gasteiger partial charge in [0.25, 0.3) is 0 Å². The van der Waals surface area contributed by atoms with Crippen molar-refractivity contribution in [3.63, 3.8) is 0 Å². The molecule has 0 saturated carbocycles. The third kappa shape index (κ3) is 2.33. The summed E-state index contributed by atoms with van der Waals surface area (Å²) < 4.78 is 13.6. The fourth-order valence-corrected chi connectivity index (χ4v) is 1.16. The molecule has 0 spiro atoms. The first-order chi connectivity index (χ1) is 5.59. The summed E-state index contributed by atoms with van der Waals surface area (Å²) >= 11 is 1.94. The first kappa shape index (κ1) is 9.24. The van der Waals surface area contributed by atoms with Crippen LogP contribution in [0.1, 0.15) is 0 Å². The average molecular weight is 281 g/mol. The van der Waals surface area contributed by atoms with Crippen LogP contribution in [0.4, 0.5) is 14.9 Å². The molecular weight excluding hydrogens is 276 g/mol. The van der Waals surface area contributed by atoms with Crippen LogP contribution in [0, 0.1) is 9.39 Å². The standard InChI is InChI=1S/C7H5FINO2/c8-5-3-4(9)1-2-6(5)10-7(11)12/h1-3,10H,(H,11,12). The topological polar surface area (TPSA) is 49.3 Å². The highest BCUT2D eigenvalue weighted by Gasteiger charge is 2.04. The minimum Gasteiger partial charge on any atom is -0.465 e. The lowest BCUT2D eigenvalue weighted by atomic mass is 10.3. The Hall–Kier alpha value is -0.850. The maximum atomic E-state index is 12.9. The van der Waals surface area contributed by atoms with Crippen molar-refractivity contribution < 1.29 is 14.3 Å². The summed E-state index contributed by atoms with van der Waals surface area (Å²) in [6, 6.07) is 4.26. The zero-order valence-corrected chi connectivity index (χ0v) is 8.00. The molecule has 0 aliphatic rings. The predicted molar refractivity (Wildman–Crippen MR) is 50.8 cm³/mol. The molecule has 1 aromatic rings. The Kier molecular flexibility index (Phi) is 2.85. The summed E-state index contributed by atoms with van der Waals surface area (Å²) in [5, 5.41) is 10.2. The van der Waals surface area contributed by atoms with Crippen molar-refractivity contribution in [1.82, 2.24) is 0 Å². The van der Waals surface area contributed by atoms with E-state index in [0.717, 1.165) is 3.57 Å². The van der Waals surface area contributed by atoms with Crippen LogP contribution < -0.4 is 5.32 Å². The van der Waals surface area contributed by atoms with Gasteiger partial charge in [0.15, 0.2) is 0 Å². The number of halogens is 2. The van der Waals surface area contributed by atoms with E-state index >= 15 is 0 Å². The first-order valence-electron chi connectivity index (χ1n) is 3.04. The molecular formula is C7H5FINO2. The second-order valence-corrected chi connectivity index (χ2v) is 3.30. The molecule has 0 fully saturated rings. The van der Waals surface area contributed by atoms with Crippen LogP contribution in [0.3, 0.4) is 0 Å². The molecule has 64 valence electrons. The molecule has 12 heavy (non-hydrogen) atoms. The number of benzene rings is 1. The highest BCUT2D eigenvalue weighted by atomic mass is 127. The Balaban J connectivity index is 2.93. The van der Waals surface area contributed by atoms with Crippen LogP contribution in [0.25, 0.3) is 0 Å². The van der Waals surface area contributed by atoms with Gasteiger partial charge in [-0.05, 0) is 40.8 Å². The van der Waals surface area contributed by atoms with Gasteiger partial charge in [-0.25, -0.2) is 9.18 Å². The van der Waals surface area contributed by atoms with Crippen molar-refractivity contribution >= 4 is 34.4 Å². The summed E-state index contributed by atoms with van der Waals surface area (Å²) in [5.74, 6) is -0.565. The lowest BCUT2D eigenvalue weighted by molar-refractivity contribution is 0.209. The Bertz CT molecular complexity index is 316.